The van der Waals surface area contributed by atoms with Crippen molar-refractivity contribution in [3.63, 3.8) is 0 Å². The van der Waals surface area contributed by atoms with Crippen molar-refractivity contribution in [2.24, 2.45) is 0 Å². The lowest BCUT2D eigenvalue weighted by Crippen LogP contribution is -2.38. The van der Waals surface area contributed by atoms with Crippen molar-refractivity contribution >= 4 is 11.8 Å². The van der Waals surface area contributed by atoms with E-state index in [1.807, 2.05) is 30.0 Å². The molecule has 1 N–H and O–H groups in total. The molecule has 0 spiro atoms. The van der Waals surface area contributed by atoms with Gasteiger partial charge < -0.3 is 9.73 Å². The van der Waals surface area contributed by atoms with E-state index in [4.69, 9.17) is 4.42 Å². The first kappa shape index (κ1) is 16.2. The first-order chi connectivity index (χ1) is 10.2. The molecule has 1 heterocycles. The number of rotatable bonds is 8. The van der Waals surface area contributed by atoms with Crippen LogP contribution in [0.1, 0.15) is 44.1 Å². The largest absolute Gasteiger partial charge is 0.467 e. The Labute approximate surface area is 132 Å². The van der Waals surface area contributed by atoms with Crippen LogP contribution in [0.2, 0.25) is 0 Å². The highest BCUT2D eigenvalue weighted by Crippen LogP contribution is 2.31. The van der Waals surface area contributed by atoms with Crippen LogP contribution in [-0.4, -0.2) is 17.5 Å². The number of thioether (sulfide) groups is 1. The zero-order chi connectivity index (χ0) is 15.1. The molecule has 0 radical (unpaired) electrons. The van der Waals surface area contributed by atoms with Gasteiger partial charge >= 0.3 is 0 Å². The molecule has 1 aromatic heterocycles. The smallest absolute Gasteiger partial charge is 0.125 e. The van der Waals surface area contributed by atoms with E-state index >= 15 is 0 Å². The third kappa shape index (κ3) is 3.92. The van der Waals surface area contributed by atoms with Crippen molar-refractivity contribution in [3.8, 4) is 0 Å². The van der Waals surface area contributed by atoms with E-state index in [2.05, 4.69) is 49.7 Å². The van der Waals surface area contributed by atoms with E-state index in [9.17, 15) is 0 Å². The number of hydrogen-bond donors (Lipinski definition) is 1. The van der Waals surface area contributed by atoms with Crippen LogP contribution in [-0.2, 0) is 0 Å². The summed E-state index contributed by atoms with van der Waals surface area (Å²) in [5.74, 6) is 0.975. The monoisotopic (exact) mass is 303 g/mol. The number of hydrogen-bond acceptors (Lipinski definition) is 3. The summed E-state index contributed by atoms with van der Waals surface area (Å²) in [6.45, 7) is 5.51. The molecule has 1 aromatic carbocycles. The summed E-state index contributed by atoms with van der Waals surface area (Å²) >= 11 is 1.96. The first-order valence-electron chi connectivity index (χ1n) is 7.61. The Hall–Kier alpha value is -1.19. The fourth-order valence-electron chi connectivity index (χ4n) is 2.63. The van der Waals surface area contributed by atoms with Crippen molar-refractivity contribution in [2.45, 2.75) is 37.5 Å². The second-order valence-electron chi connectivity index (χ2n) is 5.33. The highest BCUT2D eigenvalue weighted by molar-refractivity contribution is 8.00. The molecule has 1 unspecified atom stereocenters. The molecule has 2 rings (SSSR count). The van der Waals surface area contributed by atoms with Crippen molar-refractivity contribution in [1.82, 2.24) is 5.32 Å². The minimum atomic E-state index is 0.117. The molecule has 2 aromatic rings. The predicted octanol–water partition coefficient (Wildman–Crippen LogP) is 4.88. The normalized spacial score (nSPS) is 13.3. The maximum absolute atomic E-state index is 5.65. The lowest BCUT2D eigenvalue weighted by atomic mass is 9.99. The fourth-order valence-corrected chi connectivity index (χ4v) is 3.44. The molecular weight excluding hydrogens is 278 g/mol. The lowest BCUT2D eigenvalue weighted by molar-refractivity contribution is 0.415. The molecule has 0 saturated heterocycles. The topological polar surface area (TPSA) is 25.2 Å². The molecule has 0 amide bonds. The van der Waals surface area contributed by atoms with Gasteiger partial charge in [-0.1, -0.05) is 44.2 Å². The van der Waals surface area contributed by atoms with Crippen LogP contribution in [0, 0.1) is 0 Å². The van der Waals surface area contributed by atoms with Gasteiger partial charge in [0.1, 0.15) is 5.76 Å². The van der Waals surface area contributed by atoms with Gasteiger partial charge in [-0.3, -0.25) is 0 Å². The van der Waals surface area contributed by atoms with Crippen LogP contribution >= 0.6 is 11.8 Å². The van der Waals surface area contributed by atoms with Gasteiger partial charge in [0.25, 0.3) is 0 Å². The molecule has 0 aliphatic carbocycles. The van der Waals surface area contributed by atoms with E-state index in [1.165, 1.54) is 5.56 Å². The third-order valence-electron chi connectivity index (χ3n) is 4.31. The predicted molar refractivity (Wildman–Crippen MR) is 91.8 cm³/mol. The van der Waals surface area contributed by atoms with Gasteiger partial charge in [-0.15, -0.1) is 0 Å². The second kappa shape index (κ2) is 7.71. The minimum absolute atomic E-state index is 0.117. The SMILES string of the molecule is CCC(CC)(CNC(c1ccccc1)c1ccco1)SC. The van der Waals surface area contributed by atoms with Crippen molar-refractivity contribution in [3.05, 3.63) is 60.1 Å². The molecule has 3 heteroatoms. The van der Waals surface area contributed by atoms with Gasteiger partial charge in [0.2, 0.25) is 0 Å². The zero-order valence-corrected chi connectivity index (χ0v) is 14.0. The van der Waals surface area contributed by atoms with E-state index in [0.717, 1.165) is 25.1 Å². The van der Waals surface area contributed by atoms with Gasteiger partial charge in [0, 0.05) is 11.3 Å². The van der Waals surface area contributed by atoms with Crippen LogP contribution in [0.25, 0.3) is 0 Å². The molecule has 21 heavy (non-hydrogen) atoms. The summed E-state index contributed by atoms with van der Waals surface area (Å²) in [6, 6.07) is 14.6. The maximum Gasteiger partial charge on any atom is 0.125 e. The summed E-state index contributed by atoms with van der Waals surface area (Å²) < 4.78 is 5.94. The molecule has 2 nitrogen and oxygen atoms in total. The molecule has 0 aliphatic heterocycles. The Bertz CT molecular complexity index is 497. The standard InChI is InChI=1S/C18H25NOS/c1-4-18(5-2,21-3)14-19-17(16-12-9-13-20-16)15-10-7-6-8-11-15/h6-13,17,19H,4-5,14H2,1-3H3. The third-order valence-corrected chi connectivity index (χ3v) is 5.90. The van der Waals surface area contributed by atoms with Crippen LogP contribution in [0.5, 0.6) is 0 Å². The summed E-state index contributed by atoms with van der Waals surface area (Å²) in [7, 11) is 0. The summed E-state index contributed by atoms with van der Waals surface area (Å²) in [4.78, 5) is 0. The van der Waals surface area contributed by atoms with Crippen molar-refractivity contribution in [1.29, 1.82) is 0 Å². The van der Waals surface area contributed by atoms with E-state index in [1.54, 1.807) is 6.26 Å². The first-order valence-corrected chi connectivity index (χ1v) is 8.84. The van der Waals surface area contributed by atoms with Gasteiger partial charge in [-0.05, 0) is 36.8 Å². The minimum Gasteiger partial charge on any atom is -0.467 e. The summed E-state index contributed by atoms with van der Waals surface area (Å²) in [6.07, 6.45) is 6.28. The van der Waals surface area contributed by atoms with Crippen molar-refractivity contribution < 1.29 is 4.42 Å². The lowest BCUT2D eigenvalue weighted by Gasteiger charge is -2.32. The van der Waals surface area contributed by atoms with Gasteiger partial charge in [0.15, 0.2) is 0 Å². The van der Waals surface area contributed by atoms with Crippen LogP contribution in [0.3, 0.4) is 0 Å². The molecule has 0 bridgehead atoms. The van der Waals surface area contributed by atoms with Gasteiger partial charge in [0.05, 0.1) is 12.3 Å². The quantitative estimate of drug-likeness (QED) is 0.752. The molecule has 0 aliphatic rings. The molecule has 0 saturated carbocycles. The Morgan fingerprint density at radius 3 is 2.33 bits per heavy atom. The summed E-state index contributed by atoms with van der Waals surface area (Å²) in [5.41, 5.74) is 1.25. The number of nitrogens with one attached hydrogen (secondary N) is 1. The van der Waals surface area contributed by atoms with Gasteiger partial charge in [-0.2, -0.15) is 11.8 Å². The second-order valence-corrected chi connectivity index (χ2v) is 6.61. The molecule has 0 fully saturated rings. The fraction of sp³-hybridized carbons (Fsp3) is 0.444. The van der Waals surface area contributed by atoms with E-state index in [0.29, 0.717) is 4.75 Å². The Kier molecular flexibility index (Phi) is 5.95. The Morgan fingerprint density at radius 2 is 1.81 bits per heavy atom. The Balaban J connectivity index is 2.18. The molecule has 1 atom stereocenters. The number of furan rings is 1. The zero-order valence-electron chi connectivity index (χ0n) is 13.1. The molecular formula is C18H25NOS. The number of benzene rings is 1. The van der Waals surface area contributed by atoms with Crippen LogP contribution in [0.15, 0.2) is 53.1 Å². The maximum atomic E-state index is 5.65. The van der Waals surface area contributed by atoms with E-state index < -0.39 is 0 Å². The Morgan fingerprint density at radius 1 is 1.10 bits per heavy atom. The molecule has 114 valence electrons. The van der Waals surface area contributed by atoms with Crippen LogP contribution in [0.4, 0.5) is 0 Å². The highest BCUT2D eigenvalue weighted by atomic mass is 32.2. The van der Waals surface area contributed by atoms with Crippen LogP contribution < -0.4 is 5.32 Å². The summed E-state index contributed by atoms with van der Waals surface area (Å²) in [5, 5.41) is 3.72. The highest BCUT2D eigenvalue weighted by Gasteiger charge is 2.27. The van der Waals surface area contributed by atoms with Crippen molar-refractivity contribution in [2.75, 3.05) is 12.8 Å². The van der Waals surface area contributed by atoms with Gasteiger partial charge in [-0.25, -0.2) is 0 Å². The average Bonchev–Trinajstić information content (AvgIpc) is 3.07. The van der Waals surface area contributed by atoms with E-state index in [-0.39, 0.29) is 6.04 Å². The average molecular weight is 303 g/mol.